The number of ether oxygens (including phenoxy) is 1. The van der Waals surface area contributed by atoms with E-state index in [4.69, 9.17) is 4.74 Å². The van der Waals surface area contributed by atoms with Crippen LogP contribution in [0.25, 0.3) is 0 Å². The molecule has 1 N–H and O–H groups in total. The first-order valence-corrected chi connectivity index (χ1v) is 9.05. The van der Waals surface area contributed by atoms with Crippen LogP contribution >= 0.6 is 0 Å². The van der Waals surface area contributed by atoms with Crippen LogP contribution < -0.4 is 15.0 Å². The lowest BCUT2D eigenvalue weighted by Crippen LogP contribution is -2.55. The van der Waals surface area contributed by atoms with E-state index in [1.54, 1.807) is 23.1 Å². The molecule has 7 nitrogen and oxygen atoms in total. The second-order valence-electron chi connectivity index (χ2n) is 6.91. The van der Waals surface area contributed by atoms with Gasteiger partial charge in [-0.25, -0.2) is 4.79 Å². The third-order valence-electron chi connectivity index (χ3n) is 5.09. The van der Waals surface area contributed by atoms with Gasteiger partial charge in [-0.05, 0) is 24.3 Å². The zero-order valence-corrected chi connectivity index (χ0v) is 15.2. The molecular formula is C20H22N4O3. The molecule has 1 aromatic carbocycles. The van der Waals surface area contributed by atoms with Gasteiger partial charge in [-0.1, -0.05) is 12.1 Å². The number of methoxy groups -OCH3 is 1. The molecule has 0 unspecified atom stereocenters. The van der Waals surface area contributed by atoms with E-state index in [0.29, 0.717) is 31.8 Å². The smallest absolute Gasteiger partial charge is 0.317 e. The van der Waals surface area contributed by atoms with Gasteiger partial charge >= 0.3 is 6.03 Å². The number of benzene rings is 1. The Morgan fingerprint density at radius 2 is 2.04 bits per heavy atom. The van der Waals surface area contributed by atoms with Crippen LogP contribution in [-0.4, -0.2) is 54.6 Å². The molecule has 2 saturated heterocycles. The molecular weight excluding hydrogens is 344 g/mol. The molecule has 1 aromatic heterocycles. The largest absolute Gasteiger partial charge is 0.497 e. The van der Waals surface area contributed by atoms with Gasteiger partial charge in [0.25, 0.3) is 0 Å². The molecule has 0 aliphatic carbocycles. The highest BCUT2D eigenvalue weighted by atomic mass is 16.5. The molecule has 0 radical (unpaired) electrons. The van der Waals surface area contributed by atoms with Gasteiger partial charge in [0.2, 0.25) is 5.91 Å². The van der Waals surface area contributed by atoms with Gasteiger partial charge in [0.1, 0.15) is 5.75 Å². The Morgan fingerprint density at radius 3 is 2.78 bits per heavy atom. The van der Waals surface area contributed by atoms with E-state index in [2.05, 4.69) is 10.3 Å². The fourth-order valence-corrected chi connectivity index (χ4v) is 3.55. The maximum absolute atomic E-state index is 12.5. The summed E-state index contributed by atoms with van der Waals surface area (Å²) in [7, 11) is 1.60. The first-order valence-electron chi connectivity index (χ1n) is 9.05. The Bertz CT molecular complexity index is 836. The maximum Gasteiger partial charge on any atom is 0.317 e. The molecule has 0 bridgehead atoms. The Labute approximate surface area is 157 Å². The van der Waals surface area contributed by atoms with Gasteiger partial charge in [-0.2, -0.15) is 0 Å². The number of likely N-dealkylation sites (tertiary alicyclic amines) is 1. The van der Waals surface area contributed by atoms with Crippen LogP contribution in [0, 0.1) is 0 Å². The molecule has 2 fully saturated rings. The molecule has 0 saturated carbocycles. The van der Waals surface area contributed by atoms with Crippen molar-refractivity contribution in [2.45, 2.75) is 18.4 Å². The van der Waals surface area contributed by atoms with Gasteiger partial charge in [0.15, 0.2) is 0 Å². The number of amides is 3. The Balaban J connectivity index is 1.32. The quantitative estimate of drug-likeness (QED) is 0.898. The zero-order chi connectivity index (χ0) is 18.8. The van der Waals surface area contributed by atoms with Gasteiger partial charge < -0.3 is 19.9 Å². The average molecular weight is 366 g/mol. The van der Waals surface area contributed by atoms with Crippen molar-refractivity contribution in [2.75, 3.05) is 31.6 Å². The number of hydrogen-bond donors (Lipinski definition) is 1. The average Bonchev–Trinajstić information content (AvgIpc) is 3.01. The summed E-state index contributed by atoms with van der Waals surface area (Å²) in [5, 5.41) is 2.98. The number of rotatable bonds is 4. The summed E-state index contributed by atoms with van der Waals surface area (Å²) in [4.78, 5) is 32.6. The van der Waals surface area contributed by atoms with Crippen molar-refractivity contribution >= 4 is 17.6 Å². The number of aromatic nitrogens is 1. The topological polar surface area (TPSA) is 74.8 Å². The minimum atomic E-state index is -0.190. The second kappa shape index (κ2) is 7.26. The Hall–Kier alpha value is -3.09. The number of carbonyl (C=O) groups excluding carboxylic acids is 2. The lowest BCUT2D eigenvalue weighted by molar-refractivity contribution is -0.117. The van der Waals surface area contributed by atoms with E-state index in [9.17, 15) is 9.59 Å². The fourth-order valence-electron chi connectivity index (χ4n) is 3.55. The van der Waals surface area contributed by atoms with Crippen molar-refractivity contribution in [1.82, 2.24) is 15.2 Å². The Kier molecular flexibility index (Phi) is 4.66. The minimum Gasteiger partial charge on any atom is -0.497 e. The first kappa shape index (κ1) is 17.3. The molecule has 2 aliphatic rings. The lowest BCUT2D eigenvalue weighted by Gasteiger charge is -2.39. The van der Waals surface area contributed by atoms with Crippen molar-refractivity contribution in [2.24, 2.45) is 0 Å². The van der Waals surface area contributed by atoms with Crippen LogP contribution in [0.15, 0.2) is 48.7 Å². The zero-order valence-electron chi connectivity index (χ0n) is 15.2. The summed E-state index contributed by atoms with van der Waals surface area (Å²) >= 11 is 0. The van der Waals surface area contributed by atoms with E-state index < -0.39 is 0 Å². The SMILES string of the molecule is COc1cccc(N2C[C@H](NC(=O)N3CC(c4ccccn4)C3)CC2=O)c1. The highest BCUT2D eigenvalue weighted by molar-refractivity contribution is 5.97. The van der Waals surface area contributed by atoms with Crippen molar-refractivity contribution in [3.63, 3.8) is 0 Å². The van der Waals surface area contributed by atoms with Crippen LogP contribution in [0.2, 0.25) is 0 Å². The predicted molar refractivity (Wildman–Crippen MR) is 101 cm³/mol. The van der Waals surface area contributed by atoms with Crippen molar-refractivity contribution in [1.29, 1.82) is 0 Å². The third-order valence-corrected chi connectivity index (χ3v) is 5.09. The van der Waals surface area contributed by atoms with Crippen LogP contribution in [-0.2, 0) is 4.79 Å². The van der Waals surface area contributed by atoms with Crippen LogP contribution in [0.1, 0.15) is 18.0 Å². The van der Waals surface area contributed by atoms with Crippen molar-refractivity contribution in [3.8, 4) is 5.75 Å². The molecule has 1 atom stereocenters. The standard InChI is InChI=1S/C20H22N4O3/c1-27-17-6-4-5-16(10-17)24-13-15(9-19(24)25)22-20(26)23-11-14(12-23)18-7-2-3-8-21-18/h2-8,10,14-15H,9,11-13H2,1H3,(H,22,26)/t15-/m1/s1. The predicted octanol–water partition coefficient (Wildman–Crippen LogP) is 2.00. The highest BCUT2D eigenvalue weighted by Crippen LogP contribution is 2.27. The number of nitrogens with zero attached hydrogens (tertiary/aromatic N) is 3. The number of anilines is 1. The molecule has 7 heteroatoms. The summed E-state index contributed by atoms with van der Waals surface area (Å²) in [5.41, 5.74) is 1.80. The first-order chi connectivity index (χ1) is 13.1. The van der Waals surface area contributed by atoms with Gasteiger partial charge in [0, 0.05) is 55.6 Å². The monoisotopic (exact) mass is 366 g/mol. The second-order valence-corrected chi connectivity index (χ2v) is 6.91. The third kappa shape index (κ3) is 3.58. The molecule has 140 valence electrons. The number of carbonyl (C=O) groups is 2. The Morgan fingerprint density at radius 1 is 1.19 bits per heavy atom. The van der Waals surface area contributed by atoms with E-state index in [1.165, 1.54) is 0 Å². The molecule has 2 aromatic rings. The van der Waals surface area contributed by atoms with Gasteiger partial charge in [-0.3, -0.25) is 9.78 Å². The molecule has 0 spiro atoms. The van der Waals surface area contributed by atoms with E-state index in [0.717, 1.165) is 11.4 Å². The number of nitrogens with one attached hydrogen (secondary N) is 1. The van der Waals surface area contributed by atoms with Crippen LogP contribution in [0.4, 0.5) is 10.5 Å². The summed E-state index contributed by atoms with van der Waals surface area (Å²) in [6.07, 6.45) is 2.08. The van der Waals surface area contributed by atoms with Crippen molar-refractivity contribution < 1.29 is 14.3 Å². The number of hydrogen-bond acceptors (Lipinski definition) is 4. The normalized spacial score (nSPS) is 19.7. The summed E-state index contributed by atoms with van der Waals surface area (Å²) in [6.45, 7) is 1.78. The maximum atomic E-state index is 12.5. The van der Waals surface area contributed by atoms with Crippen LogP contribution in [0.5, 0.6) is 5.75 Å². The summed E-state index contributed by atoms with van der Waals surface area (Å²) in [5.74, 6) is 0.993. The molecule has 2 aliphatic heterocycles. The minimum absolute atomic E-state index is 0.00326. The molecule has 4 rings (SSSR count). The van der Waals surface area contributed by atoms with Gasteiger partial charge in [0.05, 0.1) is 13.2 Å². The van der Waals surface area contributed by atoms with Crippen LogP contribution in [0.3, 0.4) is 0 Å². The number of pyridine rings is 1. The highest BCUT2D eigenvalue weighted by Gasteiger charge is 2.36. The lowest BCUT2D eigenvalue weighted by atomic mass is 9.96. The van der Waals surface area contributed by atoms with Crippen molar-refractivity contribution in [3.05, 3.63) is 54.4 Å². The van der Waals surface area contributed by atoms with Gasteiger partial charge in [-0.15, -0.1) is 0 Å². The number of urea groups is 1. The van der Waals surface area contributed by atoms with E-state index in [-0.39, 0.29) is 23.9 Å². The summed E-state index contributed by atoms with van der Waals surface area (Å²) < 4.78 is 5.22. The molecule has 27 heavy (non-hydrogen) atoms. The summed E-state index contributed by atoms with van der Waals surface area (Å²) in [6, 6.07) is 12.9. The molecule has 3 amide bonds. The fraction of sp³-hybridized carbons (Fsp3) is 0.350. The van der Waals surface area contributed by atoms with E-state index in [1.807, 2.05) is 42.5 Å². The molecule has 3 heterocycles. The van der Waals surface area contributed by atoms with E-state index >= 15 is 0 Å².